The third-order valence-electron chi connectivity index (χ3n) is 3.47. The Labute approximate surface area is 124 Å². The summed E-state index contributed by atoms with van der Waals surface area (Å²) in [6.07, 6.45) is 0. The zero-order valence-corrected chi connectivity index (χ0v) is 11.9. The van der Waals surface area contributed by atoms with Crippen LogP contribution in [0.2, 0.25) is 0 Å². The molecule has 1 amide bonds. The number of hydrogen-bond acceptors (Lipinski definition) is 5. The zero-order valence-electron chi connectivity index (χ0n) is 11.9. The highest BCUT2D eigenvalue weighted by molar-refractivity contribution is 6.05. The van der Waals surface area contributed by atoms with Crippen LogP contribution in [0.25, 0.3) is 10.9 Å². The van der Waals surface area contributed by atoms with Crippen molar-refractivity contribution in [3.8, 4) is 0 Å². The van der Waals surface area contributed by atoms with Crippen molar-refractivity contribution in [3.63, 3.8) is 0 Å². The van der Waals surface area contributed by atoms with Gasteiger partial charge in [0.25, 0.3) is 11.6 Å². The molecule has 2 rings (SSSR count). The maximum Gasteiger partial charge on any atom is 0.308 e. The molecule has 0 saturated carbocycles. The van der Waals surface area contributed by atoms with E-state index in [9.17, 15) is 19.7 Å². The van der Waals surface area contributed by atoms with Gasteiger partial charge in [-0.15, -0.1) is 0 Å². The fourth-order valence-electron chi connectivity index (χ4n) is 1.90. The van der Waals surface area contributed by atoms with E-state index in [1.165, 1.54) is 25.1 Å². The SMILES string of the molecule is CC(NC(=O)c1n[nH]c2ccc([N+](=O)[O-])cc12)C(C)C(=O)O. The van der Waals surface area contributed by atoms with E-state index in [-0.39, 0.29) is 11.4 Å². The molecule has 9 nitrogen and oxygen atoms in total. The Morgan fingerprint density at radius 3 is 2.68 bits per heavy atom. The van der Waals surface area contributed by atoms with Gasteiger partial charge in [-0.2, -0.15) is 5.10 Å². The van der Waals surface area contributed by atoms with E-state index < -0.39 is 28.8 Å². The van der Waals surface area contributed by atoms with E-state index in [4.69, 9.17) is 5.11 Å². The summed E-state index contributed by atoms with van der Waals surface area (Å²) in [5.41, 5.74) is 0.313. The quantitative estimate of drug-likeness (QED) is 0.562. The standard InChI is InChI=1S/C13H14N4O5/c1-6(13(19)20)7(2)14-12(18)11-9-5-8(17(21)22)3-4-10(9)15-16-11/h3-7H,1-2H3,(H,14,18)(H,15,16)(H,19,20). The highest BCUT2D eigenvalue weighted by Gasteiger charge is 2.24. The van der Waals surface area contributed by atoms with Gasteiger partial charge in [0.05, 0.1) is 16.4 Å². The smallest absolute Gasteiger partial charge is 0.308 e. The number of H-pyrrole nitrogens is 1. The van der Waals surface area contributed by atoms with Crippen molar-refractivity contribution in [3.05, 3.63) is 34.0 Å². The number of nitrogens with one attached hydrogen (secondary N) is 2. The van der Waals surface area contributed by atoms with Crippen molar-refractivity contribution in [2.45, 2.75) is 19.9 Å². The van der Waals surface area contributed by atoms with E-state index in [0.29, 0.717) is 10.9 Å². The Bertz CT molecular complexity index is 754. The molecule has 1 aromatic carbocycles. The van der Waals surface area contributed by atoms with Gasteiger partial charge in [-0.3, -0.25) is 24.8 Å². The van der Waals surface area contributed by atoms with Gasteiger partial charge in [-0.05, 0) is 19.9 Å². The monoisotopic (exact) mass is 306 g/mol. The van der Waals surface area contributed by atoms with E-state index in [2.05, 4.69) is 15.5 Å². The van der Waals surface area contributed by atoms with Crippen LogP contribution < -0.4 is 5.32 Å². The normalized spacial score (nSPS) is 13.5. The minimum Gasteiger partial charge on any atom is -0.481 e. The summed E-state index contributed by atoms with van der Waals surface area (Å²) in [6.45, 7) is 3.04. The molecule has 3 N–H and O–H groups in total. The van der Waals surface area contributed by atoms with Crippen molar-refractivity contribution in [1.29, 1.82) is 0 Å². The molecular weight excluding hydrogens is 292 g/mol. The lowest BCUT2D eigenvalue weighted by Gasteiger charge is -2.16. The molecule has 116 valence electrons. The molecule has 0 fully saturated rings. The maximum absolute atomic E-state index is 12.2. The van der Waals surface area contributed by atoms with Gasteiger partial charge in [0.2, 0.25) is 0 Å². The van der Waals surface area contributed by atoms with E-state index >= 15 is 0 Å². The minimum atomic E-state index is -1.03. The summed E-state index contributed by atoms with van der Waals surface area (Å²) in [5, 5.41) is 29.0. The first kappa shape index (κ1) is 15.4. The lowest BCUT2D eigenvalue weighted by Crippen LogP contribution is -2.40. The van der Waals surface area contributed by atoms with Gasteiger partial charge in [-0.1, -0.05) is 0 Å². The van der Waals surface area contributed by atoms with Gasteiger partial charge in [0.15, 0.2) is 5.69 Å². The number of nitro benzene ring substituents is 1. The first-order chi connectivity index (χ1) is 10.3. The molecule has 0 spiro atoms. The largest absolute Gasteiger partial charge is 0.481 e. The van der Waals surface area contributed by atoms with Crippen LogP contribution >= 0.6 is 0 Å². The second-order valence-electron chi connectivity index (χ2n) is 4.95. The number of aliphatic carboxylic acids is 1. The summed E-state index contributed by atoms with van der Waals surface area (Å²) in [7, 11) is 0. The lowest BCUT2D eigenvalue weighted by atomic mass is 10.0. The van der Waals surface area contributed by atoms with Gasteiger partial charge < -0.3 is 10.4 Å². The number of carbonyl (C=O) groups excluding carboxylic acids is 1. The van der Waals surface area contributed by atoms with E-state index in [0.717, 1.165) is 0 Å². The lowest BCUT2D eigenvalue weighted by molar-refractivity contribution is -0.384. The Morgan fingerprint density at radius 1 is 1.41 bits per heavy atom. The van der Waals surface area contributed by atoms with Gasteiger partial charge in [0, 0.05) is 23.6 Å². The van der Waals surface area contributed by atoms with Crippen molar-refractivity contribution < 1.29 is 19.6 Å². The molecular formula is C13H14N4O5. The number of aromatic amines is 1. The number of hydrogen-bond donors (Lipinski definition) is 3. The maximum atomic E-state index is 12.2. The number of non-ortho nitro benzene ring substituents is 1. The second-order valence-corrected chi connectivity index (χ2v) is 4.95. The molecule has 0 aliphatic rings. The van der Waals surface area contributed by atoms with Crippen molar-refractivity contribution in [2.75, 3.05) is 0 Å². The number of aromatic nitrogens is 2. The minimum absolute atomic E-state index is 0.0110. The average molecular weight is 306 g/mol. The fourth-order valence-corrected chi connectivity index (χ4v) is 1.90. The number of benzene rings is 1. The zero-order chi connectivity index (χ0) is 16.4. The third-order valence-corrected chi connectivity index (χ3v) is 3.47. The molecule has 0 aliphatic heterocycles. The number of fused-ring (bicyclic) bond motifs is 1. The fraction of sp³-hybridized carbons (Fsp3) is 0.308. The molecule has 1 aromatic heterocycles. The van der Waals surface area contributed by atoms with Crippen LogP contribution in [0.1, 0.15) is 24.3 Å². The summed E-state index contributed by atoms with van der Waals surface area (Å²) in [4.78, 5) is 33.3. The van der Waals surface area contributed by atoms with Crippen LogP contribution in [0.3, 0.4) is 0 Å². The average Bonchev–Trinajstić information content (AvgIpc) is 2.88. The molecule has 9 heteroatoms. The number of carbonyl (C=O) groups is 2. The van der Waals surface area contributed by atoms with E-state index in [1.807, 2.05) is 0 Å². The number of nitrogens with zero attached hydrogens (tertiary/aromatic N) is 2. The molecule has 2 atom stereocenters. The van der Waals surface area contributed by atoms with Gasteiger partial charge in [-0.25, -0.2) is 0 Å². The highest BCUT2D eigenvalue weighted by atomic mass is 16.6. The van der Waals surface area contributed by atoms with Crippen LogP contribution in [0.4, 0.5) is 5.69 Å². The first-order valence-corrected chi connectivity index (χ1v) is 6.47. The van der Waals surface area contributed by atoms with Crippen LogP contribution in [-0.2, 0) is 4.79 Å². The first-order valence-electron chi connectivity index (χ1n) is 6.47. The molecule has 0 bridgehead atoms. The second kappa shape index (κ2) is 5.80. The van der Waals surface area contributed by atoms with Crippen molar-refractivity contribution in [1.82, 2.24) is 15.5 Å². The summed E-state index contributed by atoms with van der Waals surface area (Å²) >= 11 is 0. The number of amides is 1. The number of nitro groups is 1. The number of rotatable bonds is 5. The molecule has 22 heavy (non-hydrogen) atoms. The summed E-state index contributed by atoms with van der Waals surface area (Å²) in [6, 6.07) is 3.40. The number of carboxylic acid groups (broad SMARTS) is 1. The summed E-state index contributed by atoms with van der Waals surface area (Å²) < 4.78 is 0. The number of carboxylic acids is 1. The molecule has 0 radical (unpaired) electrons. The third kappa shape index (κ3) is 2.87. The van der Waals surface area contributed by atoms with Crippen LogP contribution in [0.15, 0.2) is 18.2 Å². The topological polar surface area (TPSA) is 138 Å². The molecule has 2 unspecified atom stereocenters. The van der Waals surface area contributed by atoms with E-state index in [1.54, 1.807) is 6.92 Å². The van der Waals surface area contributed by atoms with Crippen LogP contribution in [-0.4, -0.2) is 38.1 Å². The van der Waals surface area contributed by atoms with Crippen LogP contribution in [0, 0.1) is 16.0 Å². The van der Waals surface area contributed by atoms with Crippen LogP contribution in [0.5, 0.6) is 0 Å². The Kier molecular flexibility index (Phi) is 4.06. The summed E-state index contributed by atoms with van der Waals surface area (Å²) in [5.74, 6) is -2.40. The van der Waals surface area contributed by atoms with Gasteiger partial charge in [0.1, 0.15) is 0 Å². The molecule has 2 aromatic rings. The Balaban J connectivity index is 2.30. The Morgan fingerprint density at radius 2 is 2.09 bits per heavy atom. The van der Waals surface area contributed by atoms with Gasteiger partial charge >= 0.3 is 5.97 Å². The predicted octanol–water partition coefficient (Wildman–Crippen LogP) is 1.31. The molecule has 0 saturated heterocycles. The van der Waals surface area contributed by atoms with Crippen molar-refractivity contribution in [2.24, 2.45) is 5.92 Å². The predicted molar refractivity (Wildman–Crippen MR) is 76.5 cm³/mol. The van der Waals surface area contributed by atoms with Crippen molar-refractivity contribution >= 4 is 28.5 Å². The highest BCUT2D eigenvalue weighted by Crippen LogP contribution is 2.22. The molecule has 1 heterocycles. The molecule has 0 aliphatic carbocycles. The Hall–Kier alpha value is -2.97.